The fourth-order valence-corrected chi connectivity index (χ4v) is 6.87. The van der Waals surface area contributed by atoms with E-state index in [0.717, 1.165) is 16.9 Å². The van der Waals surface area contributed by atoms with Gasteiger partial charge in [0.2, 0.25) is 0 Å². The molecule has 0 saturated carbocycles. The second-order valence-electron chi connectivity index (χ2n) is 10.1. The van der Waals surface area contributed by atoms with E-state index in [1.807, 2.05) is 36.4 Å². The Morgan fingerprint density at radius 1 is 1.00 bits per heavy atom. The van der Waals surface area contributed by atoms with E-state index in [-0.39, 0.29) is 22.6 Å². The largest absolute Gasteiger partial charge is 0.493 e. The van der Waals surface area contributed by atoms with E-state index in [9.17, 15) is 14.4 Å². The van der Waals surface area contributed by atoms with E-state index < -0.39 is 17.6 Å². The summed E-state index contributed by atoms with van der Waals surface area (Å²) in [5.74, 6) is 0.0575. The topological polar surface area (TPSA) is 99.4 Å². The van der Waals surface area contributed by atoms with Gasteiger partial charge in [-0.15, -0.1) is 0 Å². The third-order valence-electron chi connectivity index (χ3n) is 7.62. The second kappa shape index (κ2) is 11.8. The third-order valence-corrected chi connectivity index (χ3v) is 8.93. The number of rotatable bonds is 7. The molecule has 3 heterocycles. The molecule has 11 heteroatoms. The number of anilines is 1. The van der Waals surface area contributed by atoms with Crippen LogP contribution >= 0.6 is 22.9 Å². The first-order valence-electron chi connectivity index (χ1n) is 13.9. The van der Waals surface area contributed by atoms with Crippen LogP contribution in [0.2, 0.25) is 5.02 Å². The van der Waals surface area contributed by atoms with Crippen LogP contribution in [0.4, 0.5) is 5.69 Å². The highest BCUT2D eigenvalue weighted by Gasteiger charge is 2.37. The van der Waals surface area contributed by atoms with Crippen molar-refractivity contribution in [2.45, 2.75) is 26.4 Å². The predicted octanol–water partition coefficient (Wildman–Crippen LogP) is 4.39. The molecule has 9 nitrogen and oxygen atoms in total. The minimum atomic E-state index is -0.878. The molecule has 2 aliphatic heterocycles. The van der Waals surface area contributed by atoms with Gasteiger partial charge in [-0.05, 0) is 55.3 Å². The SMILES string of the molecule is CCOC(=O)C1=C(C)N=c2s/c(=C3/C(=O)N(Cc4ccc(Cl)cc4)c4ccccc43)c(=O)n2[C@H]1c1ccc(OC)c(OC)c1. The number of ether oxygens (including phenoxy) is 3. The number of aromatic nitrogens is 1. The van der Waals surface area contributed by atoms with Gasteiger partial charge in [0.25, 0.3) is 11.5 Å². The van der Waals surface area contributed by atoms with Crippen LogP contribution in [0.15, 0.2) is 87.8 Å². The molecule has 0 spiro atoms. The Morgan fingerprint density at radius 2 is 1.73 bits per heavy atom. The minimum absolute atomic E-state index is 0.150. The van der Waals surface area contributed by atoms with Crippen LogP contribution in [-0.2, 0) is 20.9 Å². The van der Waals surface area contributed by atoms with Crippen molar-refractivity contribution in [2.24, 2.45) is 4.99 Å². The van der Waals surface area contributed by atoms with Gasteiger partial charge < -0.3 is 19.1 Å². The van der Waals surface area contributed by atoms with Crippen molar-refractivity contribution in [2.75, 3.05) is 25.7 Å². The number of allylic oxidation sites excluding steroid dienone is 1. The molecule has 0 aliphatic carbocycles. The molecule has 44 heavy (non-hydrogen) atoms. The molecule has 2 aliphatic rings. The number of halogens is 1. The molecule has 0 saturated heterocycles. The summed E-state index contributed by atoms with van der Waals surface area (Å²) >= 11 is 7.20. The Balaban J connectivity index is 1.57. The summed E-state index contributed by atoms with van der Waals surface area (Å²) in [6.07, 6.45) is 0. The Kier molecular flexibility index (Phi) is 7.87. The van der Waals surface area contributed by atoms with Gasteiger partial charge in [0, 0.05) is 10.6 Å². The lowest BCUT2D eigenvalue weighted by atomic mass is 9.95. The molecule has 6 rings (SSSR count). The van der Waals surface area contributed by atoms with E-state index in [1.165, 1.54) is 18.8 Å². The van der Waals surface area contributed by atoms with Crippen molar-refractivity contribution in [3.63, 3.8) is 0 Å². The maximum Gasteiger partial charge on any atom is 0.338 e. The molecule has 3 aromatic carbocycles. The zero-order valence-electron chi connectivity index (χ0n) is 24.4. The van der Waals surface area contributed by atoms with Crippen LogP contribution in [-0.4, -0.2) is 37.3 Å². The Labute approximate surface area is 261 Å². The molecule has 0 N–H and O–H groups in total. The summed E-state index contributed by atoms with van der Waals surface area (Å²) in [5, 5.41) is 0.602. The zero-order valence-corrected chi connectivity index (χ0v) is 26.0. The molecule has 224 valence electrons. The molecule has 1 aromatic heterocycles. The van der Waals surface area contributed by atoms with Gasteiger partial charge >= 0.3 is 5.97 Å². The molecular formula is C33H28ClN3O6S. The molecule has 0 fully saturated rings. The van der Waals surface area contributed by atoms with Crippen LogP contribution in [0, 0.1) is 0 Å². The van der Waals surface area contributed by atoms with Gasteiger partial charge in [0.05, 0.1) is 55.9 Å². The van der Waals surface area contributed by atoms with Crippen molar-refractivity contribution in [1.29, 1.82) is 0 Å². The fourth-order valence-electron chi connectivity index (χ4n) is 5.61. The predicted molar refractivity (Wildman–Crippen MR) is 168 cm³/mol. The van der Waals surface area contributed by atoms with E-state index in [4.69, 9.17) is 25.8 Å². The number of esters is 1. The summed E-state index contributed by atoms with van der Waals surface area (Å²) in [4.78, 5) is 48.5. The third kappa shape index (κ3) is 4.89. The van der Waals surface area contributed by atoms with Gasteiger partial charge in [-0.2, -0.15) is 0 Å². The maximum atomic E-state index is 14.4. The van der Waals surface area contributed by atoms with Crippen LogP contribution in [0.3, 0.4) is 0 Å². The smallest absolute Gasteiger partial charge is 0.338 e. The van der Waals surface area contributed by atoms with Crippen molar-refractivity contribution < 1.29 is 23.8 Å². The number of fused-ring (bicyclic) bond motifs is 2. The van der Waals surface area contributed by atoms with Crippen molar-refractivity contribution in [1.82, 2.24) is 4.57 Å². The summed E-state index contributed by atoms with van der Waals surface area (Å²) < 4.78 is 18.1. The van der Waals surface area contributed by atoms with Gasteiger partial charge in [0.15, 0.2) is 16.3 Å². The average Bonchev–Trinajstić information content (AvgIpc) is 3.49. The number of hydrogen-bond acceptors (Lipinski definition) is 8. The Morgan fingerprint density at radius 3 is 2.43 bits per heavy atom. The number of thiazole rings is 1. The first kappa shape index (κ1) is 29.4. The van der Waals surface area contributed by atoms with E-state index in [0.29, 0.717) is 56.0 Å². The lowest BCUT2D eigenvalue weighted by Crippen LogP contribution is -2.41. The van der Waals surface area contributed by atoms with Crippen molar-refractivity contribution in [3.8, 4) is 11.5 Å². The quantitative estimate of drug-likeness (QED) is 0.281. The normalized spacial score (nSPS) is 16.8. The molecule has 1 atom stereocenters. The van der Waals surface area contributed by atoms with Gasteiger partial charge in [0.1, 0.15) is 4.53 Å². The standard InChI is InChI=1S/C33H28ClN3O6S/c1-5-43-32(40)26-18(2)35-33-37(28(26)20-12-15-24(41-3)25(16-20)42-4)31(39)29(44-33)27-22-8-6-7-9-23(22)36(30(27)38)17-19-10-13-21(34)14-11-19/h6-16,28H,5,17H2,1-4H3/b29-27+/t28-/m0/s1. The number of carbonyl (C=O) groups excluding carboxylic acids is 2. The summed E-state index contributed by atoms with van der Waals surface area (Å²) in [7, 11) is 3.05. The van der Waals surface area contributed by atoms with Crippen LogP contribution in [0.5, 0.6) is 11.5 Å². The number of nitrogens with zero attached hydrogens (tertiary/aromatic N) is 3. The highest BCUT2D eigenvalue weighted by atomic mass is 35.5. The number of hydrogen-bond donors (Lipinski definition) is 0. The minimum Gasteiger partial charge on any atom is -0.493 e. The van der Waals surface area contributed by atoms with Crippen LogP contribution < -0.4 is 29.3 Å². The Bertz CT molecular complexity index is 2030. The van der Waals surface area contributed by atoms with Crippen molar-refractivity contribution in [3.05, 3.63) is 119 Å². The first-order valence-corrected chi connectivity index (χ1v) is 15.1. The second-order valence-corrected chi connectivity index (χ2v) is 11.6. The van der Waals surface area contributed by atoms with Gasteiger partial charge in [-0.25, -0.2) is 9.79 Å². The molecule has 1 amide bonds. The van der Waals surface area contributed by atoms with E-state index in [2.05, 4.69) is 4.99 Å². The summed E-state index contributed by atoms with van der Waals surface area (Å²) in [6.45, 7) is 3.88. The number of para-hydroxylation sites is 1. The van der Waals surface area contributed by atoms with Gasteiger partial charge in [-0.1, -0.05) is 59.3 Å². The zero-order chi connectivity index (χ0) is 31.1. The monoisotopic (exact) mass is 629 g/mol. The fraction of sp³-hybridized carbons (Fsp3) is 0.212. The molecule has 4 aromatic rings. The Hall–Kier alpha value is -4.67. The molecular weight excluding hydrogens is 602 g/mol. The molecule has 0 unspecified atom stereocenters. The average molecular weight is 630 g/mol. The first-order chi connectivity index (χ1) is 21.3. The van der Waals surface area contributed by atoms with Crippen LogP contribution in [0.1, 0.15) is 36.6 Å². The van der Waals surface area contributed by atoms with Gasteiger partial charge in [-0.3, -0.25) is 14.2 Å². The number of amides is 1. The maximum absolute atomic E-state index is 14.4. The van der Waals surface area contributed by atoms with Crippen LogP contribution in [0.25, 0.3) is 5.57 Å². The summed E-state index contributed by atoms with van der Waals surface area (Å²) in [6, 6.07) is 19.0. The highest BCUT2D eigenvalue weighted by Crippen LogP contribution is 2.38. The highest BCUT2D eigenvalue weighted by molar-refractivity contribution is 7.07. The molecule has 0 bridgehead atoms. The lowest BCUT2D eigenvalue weighted by molar-refractivity contribution is -0.139. The summed E-state index contributed by atoms with van der Waals surface area (Å²) in [5.41, 5.74) is 3.35. The van der Waals surface area contributed by atoms with E-state index >= 15 is 0 Å². The lowest BCUT2D eigenvalue weighted by Gasteiger charge is -2.25. The molecule has 0 radical (unpaired) electrons. The number of carbonyl (C=O) groups is 2. The van der Waals surface area contributed by atoms with Crippen molar-refractivity contribution >= 4 is 46.1 Å². The number of benzene rings is 3. The number of methoxy groups -OCH3 is 2. The van der Waals surface area contributed by atoms with E-state index in [1.54, 1.807) is 49.1 Å².